The first kappa shape index (κ1) is 17.1. The number of anilines is 2. The summed E-state index contributed by atoms with van der Waals surface area (Å²) in [7, 11) is -2.16. The monoisotopic (exact) mass is 384 g/mol. The van der Waals surface area contributed by atoms with Crippen molar-refractivity contribution < 1.29 is 13.2 Å². The van der Waals surface area contributed by atoms with Crippen LogP contribution in [0.5, 0.6) is 0 Å². The Morgan fingerprint density at radius 3 is 2.50 bits per heavy atom. The Morgan fingerprint density at radius 2 is 1.83 bits per heavy atom. The maximum absolute atomic E-state index is 12.6. The van der Waals surface area contributed by atoms with Crippen molar-refractivity contribution in [2.45, 2.75) is 17.7 Å². The van der Waals surface area contributed by atoms with Gasteiger partial charge in [-0.05, 0) is 48.9 Å². The molecule has 0 aliphatic carbocycles. The molecule has 1 unspecified atom stereocenters. The Hall–Kier alpha value is -1.76. The highest BCUT2D eigenvalue weighted by molar-refractivity contribution is 7.92. The first-order valence-electron chi connectivity index (χ1n) is 7.10. The molecule has 2 aromatic rings. The SMILES string of the molecule is CC1C(=O)N(C)c2ccc(S(=O)(=O)Nc3ccc(Cl)cc3Cl)cc21. The number of hydrogen-bond donors (Lipinski definition) is 1. The van der Waals surface area contributed by atoms with E-state index < -0.39 is 10.0 Å². The number of hydrogen-bond acceptors (Lipinski definition) is 3. The van der Waals surface area contributed by atoms with Crippen molar-refractivity contribution in [1.29, 1.82) is 0 Å². The normalized spacial score (nSPS) is 17.1. The summed E-state index contributed by atoms with van der Waals surface area (Å²) < 4.78 is 27.7. The van der Waals surface area contributed by atoms with Crippen molar-refractivity contribution in [3.05, 3.63) is 52.0 Å². The number of nitrogens with one attached hydrogen (secondary N) is 1. The van der Waals surface area contributed by atoms with Crippen LogP contribution in [0.25, 0.3) is 0 Å². The third kappa shape index (κ3) is 2.85. The average molecular weight is 385 g/mol. The van der Waals surface area contributed by atoms with E-state index in [9.17, 15) is 13.2 Å². The maximum Gasteiger partial charge on any atom is 0.261 e. The number of fused-ring (bicyclic) bond motifs is 1. The van der Waals surface area contributed by atoms with Crippen LogP contribution in [0.4, 0.5) is 11.4 Å². The van der Waals surface area contributed by atoms with Gasteiger partial charge in [-0.15, -0.1) is 0 Å². The summed E-state index contributed by atoms with van der Waals surface area (Å²) in [6, 6.07) is 9.12. The molecular weight excluding hydrogens is 371 g/mol. The zero-order chi connectivity index (χ0) is 17.6. The highest BCUT2D eigenvalue weighted by atomic mass is 35.5. The van der Waals surface area contributed by atoms with Crippen LogP contribution in [0.15, 0.2) is 41.3 Å². The van der Waals surface area contributed by atoms with Gasteiger partial charge in [-0.25, -0.2) is 8.42 Å². The third-order valence-corrected chi connectivity index (χ3v) is 5.92. The van der Waals surface area contributed by atoms with Crippen LogP contribution in [0, 0.1) is 0 Å². The van der Waals surface area contributed by atoms with Crippen LogP contribution in [0.3, 0.4) is 0 Å². The van der Waals surface area contributed by atoms with Crippen molar-refractivity contribution in [1.82, 2.24) is 0 Å². The lowest BCUT2D eigenvalue weighted by Gasteiger charge is -2.12. The standard InChI is InChI=1S/C16H14Cl2N2O3S/c1-9-12-8-11(4-6-15(12)20(2)16(9)21)24(22,23)19-14-5-3-10(17)7-13(14)18/h3-9,19H,1-2H3. The van der Waals surface area contributed by atoms with Crippen molar-refractivity contribution in [3.63, 3.8) is 0 Å². The number of carbonyl (C=O) groups is 1. The van der Waals surface area contributed by atoms with Crippen LogP contribution in [0.1, 0.15) is 18.4 Å². The molecule has 0 spiro atoms. The second-order valence-corrected chi connectivity index (χ2v) is 8.10. The predicted octanol–water partition coefficient (Wildman–Crippen LogP) is 3.87. The number of carbonyl (C=O) groups excluding carboxylic acids is 1. The molecule has 24 heavy (non-hydrogen) atoms. The van der Waals surface area contributed by atoms with Crippen LogP contribution in [-0.4, -0.2) is 21.4 Å². The first-order chi connectivity index (χ1) is 11.2. The van der Waals surface area contributed by atoms with Crippen molar-refractivity contribution in [3.8, 4) is 0 Å². The number of sulfonamides is 1. The summed E-state index contributed by atoms with van der Waals surface area (Å²) >= 11 is 11.8. The Kier molecular flexibility index (Phi) is 4.23. The molecule has 0 bridgehead atoms. The van der Waals surface area contributed by atoms with Crippen molar-refractivity contribution >= 4 is 50.5 Å². The van der Waals surface area contributed by atoms with Crippen LogP contribution in [0.2, 0.25) is 10.0 Å². The molecule has 1 atom stereocenters. The molecule has 0 fully saturated rings. The minimum atomic E-state index is -3.84. The number of halogens is 2. The number of amides is 1. The van der Waals surface area contributed by atoms with Gasteiger partial charge in [-0.3, -0.25) is 9.52 Å². The smallest absolute Gasteiger partial charge is 0.261 e. The van der Waals surface area contributed by atoms with E-state index in [0.29, 0.717) is 10.6 Å². The molecular formula is C16H14Cl2N2O3S. The minimum Gasteiger partial charge on any atom is -0.315 e. The zero-order valence-electron chi connectivity index (χ0n) is 12.9. The van der Waals surface area contributed by atoms with Gasteiger partial charge >= 0.3 is 0 Å². The van der Waals surface area contributed by atoms with Crippen molar-refractivity contribution in [2.24, 2.45) is 0 Å². The Labute approximate surface area is 150 Å². The summed E-state index contributed by atoms with van der Waals surface area (Å²) in [6.45, 7) is 1.75. The van der Waals surface area contributed by atoms with E-state index in [1.807, 2.05) is 0 Å². The van der Waals surface area contributed by atoms with E-state index in [-0.39, 0.29) is 27.4 Å². The molecule has 0 radical (unpaired) electrons. The van der Waals surface area contributed by atoms with Gasteiger partial charge < -0.3 is 4.90 Å². The molecule has 1 aliphatic rings. The second-order valence-electron chi connectivity index (χ2n) is 5.57. The van der Waals surface area contributed by atoms with Gasteiger partial charge in [0.25, 0.3) is 10.0 Å². The fourth-order valence-corrected chi connectivity index (χ4v) is 4.30. The first-order valence-corrected chi connectivity index (χ1v) is 9.34. The molecule has 1 N–H and O–H groups in total. The number of benzene rings is 2. The molecule has 0 saturated heterocycles. The van der Waals surface area contributed by atoms with E-state index in [2.05, 4.69) is 4.72 Å². The quantitative estimate of drug-likeness (QED) is 0.872. The van der Waals surface area contributed by atoms with E-state index in [4.69, 9.17) is 23.2 Å². The number of nitrogens with zero attached hydrogens (tertiary/aromatic N) is 1. The lowest BCUT2D eigenvalue weighted by Crippen LogP contribution is -2.22. The van der Waals surface area contributed by atoms with Crippen LogP contribution in [-0.2, 0) is 14.8 Å². The number of rotatable bonds is 3. The van der Waals surface area contributed by atoms with E-state index in [1.54, 1.807) is 26.1 Å². The highest BCUT2D eigenvalue weighted by Crippen LogP contribution is 2.37. The Morgan fingerprint density at radius 1 is 1.12 bits per heavy atom. The van der Waals surface area contributed by atoms with Crippen LogP contribution >= 0.6 is 23.2 Å². The molecule has 0 saturated carbocycles. The van der Waals surface area contributed by atoms with E-state index in [0.717, 1.165) is 5.69 Å². The average Bonchev–Trinajstić information content (AvgIpc) is 2.74. The van der Waals surface area contributed by atoms with Gasteiger partial charge in [-0.1, -0.05) is 23.2 Å². The topological polar surface area (TPSA) is 66.5 Å². The molecule has 2 aromatic carbocycles. The third-order valence-electron chi connectivity index (χ3n) is 4.01. The van der Waals surface area contributed by atoms with E-state index >= 15 is 0 Å². The molecule has 1 heterocycles. The highest BCUT2D eigenvalue weighted by Gasteiger charge is 2.33. The zero-order valence-corrected chi connectivity index (χ0v) is 15.2. The molecule has 1 aliphatic heterocycles. The molecule has 5 nitrogen and oxygen atoms in total. The Bertz CT molecular complexity index is 944. The van der Waals surface area contributed by atoms with E-state index in [1.165, 1.54) is 29.2 Å². The Balaban J connectivity index is 1.98. The molecule has 1 amide bonds. The molecule has 0 aromatic heterocycles. The second kappa shape index (κ2) is 5.95. The summed E-state index contributed by atoms with van der Waals surface area (Å²) in [5, 5.41) is 0.617. The number of likely N-dealkylation sites (N-methyl/N-ethyl adjacent to an activating group) is 1. The van der Waals surface area contributed by atoms with Gasteiger partial charge in [0.05, 0.1) is 21.5 Å². The largest absolute Gasteiger partial charge is 0.315 e. The van der Waals surface area contributed by atoms with Crippen LogP contribution < -0.4 is 9.62 Å². The fraction of sp³-hybridized carbons (Fsp3) is 0.188. The predicted molar refractivity (Wildman–Crippen MR) is 95.5 cm³/mol. The summed E-state index contributed by atoms with van der Waals surface area (Å²) in [5.74, 6) is -0.437. The van der Waals surface area contributed by atoms with Gasteiger partial charge in [0.2, 0.25) is 5.91 Å². The maximum atomic E-state index is 12.6. The minimum absolute atomic E-state index is 0.0618. The molecule has 3 rings (SSSR count). The lowest BCUT2D eigenvalue weighted by atomic mass is 10.0. The van der Waals surface area contributed by atoms with Crippen molar-refractivity contribution in [2.75, 3.05) is 16.7 Å². The molecule has 126 valence electrons. The lowest BCUT2D eigenvalue weighted by molar-refractivity contribution is -0.118. The van der Waals surface area contributed by atoms with Gasteiger partial charge in [-0.2, -0.15) is 0 Å². The summed E-state index contributed by atoms with van der Waals surface area (Å²) in [6.07, 6.45) is 0. The summed E-state index contributed by atoms with van der Waals surface area (Å²) in [4.78, 5) is 13.6. The van der Waals surface area contributed by atoms with Gasteiger partial charge in [0.15, 0.2) is 0 Å². The summed E-state index contributed by atoms with van der Waals surface area (Å²) in [5.41, 5.74) is 1.64. The molecule has 8 heteroatoms. The van der Waals surface area contributed by atoms with Gasteiger partial charge in [0.1, 0.15) is 0 Å². The fourth-order valence-electron chi connectivity index (χ4n) is 2.67. The van der Waals surface area contributed by atoms with Gasteiger partial charge in [0, 0.05) is 17.8 Å².